The van der Waals surface area contributed by atoms with Crippen molar-refractivity contribution in [1.82, 2.24) is 14.9 Å². The molecule has 30 heavy (non-hydrogen) atoms. The highest BCUT2D eigenvalue weighted by Gasteiger charge is 2.35. The van der Waals surface area contributed by atoms with Crippen molar-refractivity contribution in [2.24, 2.45) is 0 Å². The average Bonchev–Trinajstić information content (AvgIpc) is 3.17. The molecule has 2 aromatic heterocycles. The van der Waals surface area contributed by atoms with Gasteiger partial charge >= 0.3 is 0 Å². The van der Waals surface area contributed by atoms with Crippen molar-refractivity contribution >= 4 is 16.8 Å². The van der Waals surface area contributed by atoms with Gasteiger partial charge in [-0.25, -0.2) is 4.39 Å². The van der Waals surface area contributed by atoms with Crippen LogP contribution in [0.25, 0.3) is 10.9 Å². The molecule has 1 aliphatic heterocycles. The zero-order valence-corrected chi connectivity index (χ0v) is 16.5. The lowest BCUT2D eigenvalue weighted by molar-refractivity contribution is -0.133. The second kappa shape index (κ2) is 7.75. The SMILES string of the molecule is O=C(CCc1ccccn1)N1CCc2c([nH]c3ccccc23)[C@H]1c1ccccc1F. The molecular formula is C25H22FN3O. The summed E-state index contributed by atoms with van der Waals surface area (Å²) >= 11 is 0. The summed E-state index contributed by atoms with van der Waals surface area (Å²) < 4.78 is 14.8. The molecule has 4 nitrogen and oxygen atoms in total. The summed E-state index contributed by atoms with van der Waals surface area (Å²) in [5, 5.41) is 1.15. The van der Waals surface area contributed by atoms with E-state index >= 15 is 0 Å². The maximum atomic E-state index is 14.8. The summed E-state index contributed by atoms with van der Waals surface area (Å²) in [6.07, 6.45) is 3.40. The maximum Gasteiger partial charge on any atom is 0.223 e. The van der Waals surface area contributed by atoms with Crippen molar-refractivity contribution in [2.45, 2.75) is 25.3 Å². The largest absolute Gasteiger partial charge is 0.356 e. The predicted octanol–water partition coefficient (Wildman–Crippen LogP) is 4.81. The number of para-hydroxylation sites is 1. The second-order valence-corrected chi connectivity index (χ2v) is 7.65. The lowest BCUT2D eigenvalue weighted by Gasteiger charge is -2.36. The zero-order chi connectivity index (χ0) is 20.5. The van der Waals surface area contributed by atoms with E-state index in [4.69, 9.17) is 0 Å². The fourth-order valence-electron chi connectivity index (χ4n) is 4.45. The van der Waals surface area contributed by atoms with Gasteiger partial charge in [0.15, 0.2) is 0 Å². The number of nitrogens with zero attached hydrogens (tertiary/aromatic N) is 2. The predicted molar refractivity (Wildman–Crippen MR) is 115 cm³/mol. The summed E-state index contributed by atoms with van der Waals surface area (Å²) in [7, 11) is 0. The lowest BCUT2D eigenvalue weighted by atomic mass is 9.91. The Morgan fingerprint density at radius 2 is 1.87 bits per heavy atom. The molecule has 0 saturated carbocycles. The highest BCUT2D eigenvalue weighted by Crippen LogP contribution is 2.39. The summed E-state index contributed by atoms with van der Waals surface area (Å²) in [5.41, 5.74) is 4.52. The van der Waals surface area contributed by atoms with E-state index in [-0.39, 0.29) is 11.7 Å². The Morgan fingerprint density at radius 3 is 2.70 bits per heavy atom. The van der Waals surface area contributed by atoms with E-state index in [0.717, 1.165) is 28.7 Å². The number of fused-ring (bicyclic) bond motifs is 3. The molecule has 1 atom stereocenters. The van der Waals surface area contributed by atoms with Gasteiger partial charge in [0, 0.05) is 47.0 Å². The van der Waals surface area contributed by atoms with Gasteiger partial charge in [-0.15, -0.1) is 0 Å². The molecule has 0 saturated heterocycles. The van der Waals surface area contributed by atoms with Crippen molar-refractivity contribution in [3.8, 4) is 0 Å². The number of aryl methyl sites for hydroxylation is 1. The Labute approximate surface area is 174 Å². The number of hydrogen-bond donors (Lipinski definition) is 1. The number of aromatic nitrogens is 2. The van der Waals surface area contributed by atoms with Gasteiger partial charge in [-0.05, 0) is 42.7 Å². The minimum atomic E-state index is -0.460. The van der Waals surface area contributed by atoms with E-state index in [9.17, 15) is 9.18 Å². The molecule has 0 aliphatic carbocycles. The van der Waals surface area contributed by atoms with Crippen molar-refractivity contribution in [1.29, 1.82) is 0 Å². The Hall–Kier alpha value is -3.47. The third-order valence-electron chi connectivity index (χ3n) is 5.88. The molecule has 1 aliphatic rings. The number of carbonyl (C=O) groups excluding carboxylic acids is 1. The molecule has 0 fully saturated rings. The molecule has 3 heterocycles. The number of rotatable bonds is 4. The summed E-state index contributed by atoms with van der Waals surface area (Å²) in [6.45, 7) is 0.564. The number of benzene rings is 2. The van der Waals surface area contributed by atoms with Crippen molar-refractivity contribution < 1.29 is 9.18 Å². The normalized spacial score (nSPS) is 15.9. The molecule has 5 heteroatoms. The van der Waals surface area contributed by atoms with Gasteiger partial charge in [-0.3, -0.25) is 9.78 Å². The number of aromatic amines is 1. The highest BCUT2D eigenvalue weighted by molar-refractivity contribution is 5.86. The number of amides is 1. The van der Waals surface area contributed by atoms with Crippen LogP contribution in [0.2, 0.25) is 0 Å². The number of pyridine rings is 1. The molecular weight excluding hydrogens is 377 g/mol. The van der Waals surface area contributed by atoms with Crippen molar-refractivity contribution in [2.75, 3.05) is 6.54 Å². The standard InChI is InChI=1S/C25H22FN3O/c26-21-10-3-1-9-20(21)25-24-19(18-8-2-4-11-22(18)28-24)14-16-29(25)23(30)13-12-17-7-5-6-15-27-17/h1-11,15,25,28H,12-14,16H2/t25-/m1/s1. The smallest absolute Gasteiger partial charge is 0.223 e. The van der Waals surface area contributed by atoms with Gasteiger partial charge in [0.1, 0.15) is 11.9 Å². The fourth-order valence-corrected chi connectivity index (χ4v) is 4.45. The molecule has 2 aromatic carbocycles. The van der Waals surface area contributed by atoms with Gasteiger partial charge in [0.2, 0.25) is 5.91 Å². The Balaban J connectivity index is 1.53. The third kappa shape index (κ3) is 3.26. The Kier molecular flexibility index (Phi) is 4.79. The number of halogens is 1. The summed E-state index contributed by atoms with van der Waals surface area (Å²) in [6, 6.07) is 20.1. The first-order valence-electron chi connectivity index (χ1n) is 10.3. The van der Waals surface area contributed by atoms with Gasteiger partial charge in [0.05, 0.1) is 0 Å². The van der Waals surface area contributed by atoms with Crippen LogP contribution in [-0.4, -0.2) is 27.3 Å². The molecule has 0 unspecified atom stereocenters. The van der Waals surface area contributed by atoms with Gasteiger partial charge in [-0.2, -0.15) is 0 Å². The fraction of sp³-hybridized carbons (Fsp3) is 0.200. The molecule has 0 radical (unpaired) electrons. The van der Waals surface area contributed by atoms with E-state index in [1.165, 1.54) is 11.6 Å². The first kappa shape index (κ1) is 18.6. The van der Waals surface area contributed by atoms with E-state index in [1.54, 1.807) is 18.3 Å². The topological polar surface area (TPSA) is 49.0 Å². The van der Waals surface area contributed by atoms with E-state index in [1.807, 2.05) is 47.4 Å². The lowest BCUT2D eigenvalue weighted by Crippen LogP contribution is -2.41. The summed E-state index contributed by atoms with van der Waals surface area (Å²) in [4.78, 5) is 22.9. The molecule has 0 spiro atoms. The van der Waals surface area contributed by atoms with Crippen molar-refractivity contribution in [3.05, 3.63) is 101 Å². The van der Waals surface area contributed by atoms with Crippen LogP contribution in [0.3, 0.4) is 0 Å². The van der Waals surface area contributed by atoms with Crippen LogP contribution in [0.15, 0.2) is 72.9 Å². The van der Waals surface area contributed by atoms with Crippen molar-refractivity contribution in [3.63, 3.8) is 0 Å². The van der Waals surface area contributed by atoms with E-state index in [2.05, 4.69) is 16.0 Å². The third-order valence-corrected chi connectivity index (χ3v) is 5.88. The van der Waals surface area contributed by atoms with E-state index in [0.29, 0.717) is 24.9 Å². The maximum absolute atomic E-state index is 14.8. The van der Waals surface area contributed by atoms with E-state index < -0.39 is 6.04 Å². The van der Waals surface area contributed by atoms with Gasteiger partial charge < -0.3 is 9.88 Å². The second-order valence-electron chi connectivity index (χ2n) is 7.65. The van der Waals surface area contributed by atoms with Crippen LogP contribution in [0.1, 0.15) is 35.0 Å². The van der Waals surface area contributed by atoms with Crippen LogP contribution in [0, 0.1) is 5.82 Å². The molecule has 150 valence electrons. The summed E-state index contributed by atoms with van der Waals surface area (Å²) in [5.74, 6) is -0.283. The number of H-pyrrole nitrogens is 1. The molecule has 1 amide bonds. The quantitative estimate of drug-likeness (QED) is 0.535. The molecule has 0 bridgehead atoms. The van der Waals surface area contributed by atoms with Crippen LogP contribution in [0.5, 0.6) is 0 Å². The minimum absolute atomic E-state index is 0.0122. The molecule has 4 aromatic rings. The Morgan fingerprint density at radius 1 is 1.07 bits per heavy atom. The Bertz CT molecular complexity index is 1200. The highest BCUT2D eigenvalue weighted by atomic mass is 19.1. The van der Waals surface area contributed by atoms with Crippen LogP contribution in [0.4, 0.5) is 4.39 Å². The van der Waals surface area contributed by atoms with Gasteiger partial charge in [0.25, 0.3) is 0 Å². The number of nitrogens with one attached hydrogen (secondary N) is 1. The average molecular weight is 399 g/mol. The van der Waals surface area contributed by atoms with Crippen LogP contribution in [-0.2, 0) is 17.6 Å². The minimum Gasteiger partial charge on any atom is -0.356 e. The first-order valence-corrected chi connectivity index (χ1v) is 10.3. The van der Waals surface area contributed by atoms with Crippen LogP contribution >= 0.6 is 0 Å². The number of hydrogen-bond acceptors (Lipinski definition) is 2. The monoisotopic (exact) mass is 399 g/mol. The van der Waals surface area contributed by atoms with Gasteiger partial charge in [-0.1, -0.05) is 42.5 Å². The zero-order valence-electron chi connectivity index (χ0n) is 16.5. The first-order chi connectivity index (χ1) is 14.7. The van der Waals surface area contributed by atoms with Crippen LogP contribution < -0.4 is 0 Å². The molecule has 5 rings (SSSR count). The number of carbonyl (C=O) groups is 1. The molecule has 1 N–H and O–H groups in total.